The van der Waals surface area contributed by atoms with Crippen LogP contribution in [0.3, 0.4) is 0 Å². The molecule has 0 spiro atoms. The minimum absolute atomic E-state index is 0.225. The first kappa shape index (κ1) is 17.3. The molecule has 0 radical (unpaired) electrons. The predicted molar refractivity (Wildman–Crippen MR) is 82.6 cm³/mol. The van der Waals surface area contributed by atoms with E-state index in [0.29, 0.717) is 5.56 Å². The number of alkyl halides is 3. The monoisotopic (exact) mass is 301 g/mol. The molecule has 0 aromatic heterocycles. The number of halogens is 3. The highest BCUT2D eigenvalue weighted by atomic mass is 19.4. The molecule has 0 fully saturated rings. The maximum absolute atomic E-state index is 11.7. The highest BCUT2D eigenvalue weighted by Gasteiger charge is 2.21. The lowest BCUT2D eigenvalue weighted by Gasteiger charge is -1.96. The van der Waals surface area contributed by atoms with Gasteiger partial charge >= 0.3 is 6.18 Å². The van der Waals surface area contributed by atoms with Gasteiger partial charge in [-0.3, -0.25) is 0 Å². The molecule has 0 aliphatic rings. The van der Waals surface area contributed by atoms with Gasteiger partial charge in [-0.15, -0.1) is 0 Å². The number of hydrogen-bond acceptors (Lipinski definition) is 1. The molecule has 22 heavy (non-hydrogen) atoms. The van der Waals surface area contributed by atoms with Gasteiger partial charge < -0.3 is 0 Å². The Hall–Kier alpha value is -2.80. The summed E-state index contributed by atoms with van der Waals surface area (Å²) in [6.45, 7) is 0. The van der Waals surface area contributed by atoms with E-state index < -0.39 is 6.18 Å². The molecule has 0 saturated heterocycles. The van der Waals surface area contributed by atoms with E-state index in [9.17, 15) is 13.2 Å². The molecule has 0 aliphatic carbocycles. The van der Waals surface area contributed by atoms with Crippen LogP contribution in [0.1, 0.15) is 11.1 Å². The summed E-state index contributed by atoms with van der Waals surface area (Å²) in [5.41, 5.74) is 1.61. The molecule has 0 N–H and O–H groups in total. The Bertz CT molecular complexity index is 636. The summed E-state index contributed by atoms with van der Waals surface area (Å²) < 4.78 is 35.0. The van der Waals surface area contributed by atoms with E-state index in [-0.39, 0.29) is 6.08 Å². The second-order valence-corrected chi connectivity index (χ2v) is 4.16. The standard InChI is InChI=1S/C9H7F3.C9H7N/c10-9(11,12)7-6-8-4-2-1-3-5-8;10-8-4-7-9-5-2-1-3-6-9/h1-7H;1-7H. The van der Waals surface area contributed by atoms with E-state index in [1.165, 1.54) is 6.08 Å². The van der Waals surface area contributed by atoms with Crippen LogP contribution in [-0.2, 0) is 0 Å². The number of hydrogen-bond donors (Lipinski definition) is 0. The molecule has 2 rings (SSSR count). The zero-order valence-electron chi connectivity index (χ0n) is 11.7. The van der Waals surface area contributed by atoms with Crippen LogP contribution in [0, 0.1) is 11.3 Å². The number of rotatable bonds is 2. The molecule has 0 unspecified atom stereocenters. The summed E-state index contributed by atoms with van der Waals surface area (Å²) in [7, 11) is 0. The molecule has 0 amide bonds. The van der Waals surface area contributed by atoms with Crippen LogP contribution in [0.5, 0.6) is 0 Å². The summed E-state index contributed by atoms with van der Waals surface area (Å²) in [6.07, 6.45) is 0.285. The molecular weight excluding hydrogens is 287 g/mol. The van der Waals surface area contributed by atoms with Crippen molar-refractivity contribution in [1.82, 2.24) is 0 Å². The van der Waals surface area contributed by atoms with Crippen LogP contribution in [0.4, 0.5) is 13.2 Å². The summed E-state index contributed by atoms with van der Waals surface area (Å²) in [5, 5.41) is 8.19. The fraction of sp³-hybridized carbons (Fsp3) is 0.0556. The quantitative estimate of drug-likeness (QED) is 0.673. The van der Waals surface area contributed by atoms with E-state index in [1.54, 1.807) is 36.4 Å². The van der Waals surface area contributed by atoms with E-state index in [2.05, 4.69) is 0 Å². The average molecular weight is 301 g/mol. The molecule has 4 heteroatoms. The van der Waals surface area contributed by atoms with Gasteiger partial charge in [0, 0.05) is 12.2 Å². The van der Waals surface area contributed by atoms with Crippen LogP contribution >= 0.6 is 0 Å². The Kier molecular flexibility index (Phi) is 7.21. The highest BCUT2D eigenvalue weighted by Crippen LogP contribution is 2.17. The predicted octanol–water partition coefficient (Wildman–Crippen LogP) is 5.49. The van der Waals surface area contributed by atoms with Crippen LogP contribution < -0.4 is 0 Å². The molecule has 0 atom stereocenters. The molecule has 0 saturated carbocycles. The van der Waals surface area contributed by atoms with Crippen molar-refractivity contribution in [2.45, 2.75) is 6.18 Å². The van der Waals surface area contributed by atoms with E-state index in [4.69, 9.17) is 5.26 Å². The maximum Gasteiger partial charge on any atom is 0.409 e. The number of allylic oxidation sites excluding steroid dienone is 2. The minimum Gasteiger partial charge on any atom is -0.193 e. The first-order valence-electron chi connectivity index (χ1n) is 6.43. The molecule has 0 bridgehead atoms. The summed E-state index contributed by atoms with van der Waals surface area (Å²) in [5.74, 6) is 0. The van der Waals surface area contributed by atoms with Crippen molar-refractivity contribution in [2.24, 2.45) is 0 Å². The first-order valence-corrected chi connectivity index (χ1v) is 6.43. The van der Waals surface area contributed by atoms with Crippen LogP contribution in [-0.4, -0.2) is 6.18 Å². The fourth-order valence-electron chi connectivity index (χ4n) is 1.45. The second kappa shape index (κ2) is 9.19. The lowest BCUT2D eigenvalue weighted by atomic mass is 10.2. The van der Waals surface area contributed by atoms with E-state index >= 15 is 0 Å². The minimum atomic E-state index is -4.23. The third-order valence-corrected chi connectivity index (χ3v) is 2.41. The van der Waals surface area contributed by atoms with Crippen molar-refractivity contribution in [1.29, 1.82) is 5.26 Å². The SMILES string of the molecule is FC(F)(F)C=Cc1ccccc1.N#CC=Cc1ccccc1. The van der Waals surface area contributed by atoms with Crippen LogP contribution in [0.15, 0.2) is 72.8 Å². The van der Waals surface area contributed by atoms with Crippen LogP contribution in [0.25, 0.3) is 12.2 Å². The Morgan fingerprint density at radius 1 is 0.773 bits per heavy atom. The normalized spacial score (nSPS) is 11.0. The van der Waals surface area contributed by atoms with Gasteiger partial charge in [0.1, 0.15) is 0 Å². The Morgan fingerprint density at radius 3 is 1.64 bits per heavy atom. The summed E-state index contributed by atoms with van der Waals surface area (Å²) in [6, 6.07) is 20.0. The third kappa shape index (κ3) is 8.39. The Balaban J connectivity index is 0.000000224. The summed E-state index contributed by atoms with van der Waals surface area (Å²) in [4.78, 5) is 0. The Labute approximate surface area is 127 Å². The smallest absolute Gasteiger partial charge is 0.193 e. The zero-order valence-corrected chi connectivity index (χ0v) is 11.7. The van der Waals surface area contributed by atoms with Gasteiger partial charge in [0.25, 0.3) is 0 Å². The molecular formula is C18H14F3N. The fourth-order valence-corrected chi connectivity index (χ4v) is 1.45. The number of nitriles is 1. The van der Waals surface area contributed by atoms with Gasteiger partial charge in [-0.05, 0) is 17.2 Å². The molecule has 112 valence electrons. The molecule has 1 nitrogen and oxygen atoms in total. The van der Waals surface area contributed by atoms with Crippen molar-refractivity contribution in [3.8, 4) is 6.07 Å². The first-order chi connectivity index (χ1) is 10.5. The third-order valence-electron chi connectivity index (χ3n) is 2.41. The maximum atomic E-state index is 11.7. The van der Waals surface area contributed by atoms with Crippen molar-refractivity contribution in [3.63, 3.8) is 0 Å². The van der Waals surface area contributed by atoms with Gasteiger partial charge in [-0.25, -0.2) is 0 Å². The topological polar surface area (TPSA) is 23.8 Å². The highest BCUT2D eigenvalue weighted by molar-refractivity contribution is 5.51. The number of benzene rings is 2. The number of nitrogens with zero attached hydrogens (tertiary/aromatic N) is 1. The molecule has 0 heterocycles. The van der Waals surface area contributed by atoms with Gasteiger partial charge in [0.05, 0.1) is 6.07 Å². The van der Waals surface area contributed by atoms with Gasteiger partial charge in [-0.2, -0.15) is 18.4 Å². The zero-order chi connectivity index (χ0) is 16.3. The molecule has 0 aliphatic heterocycles. The lowest BCUT2D eigenvalue weighted by molar-refractivity contribution is -0.0790. The van der Waals surface area contributed by atoms with Crippen molar-refractivity contribution >= 4 is 12.2 Å². The van der Waals surface area contributed by atoms with E-state index in [0.717, 1.165) is 11.6 Å². The summed E-state index contributed by atoms with van der Waals surface area (Å²) >= 11 is 0. The largest absolute Gasteiger partial charge is 0.409 e. The average Bonchev–Trinajstić information content (AvgIpc) is 2.53. The molecule has 2 aromatic rings. The lowest BCUT2D eigenvalue weighted by Crippen LogP contribution is -1.99. The van der Waals surface area contributed by atoms with Gasteiger partial charge in [0.15, 0.2) is 0 Å². The van der Waals surface area contributed by atoms with Crippen LogP contribution in [0.2, 0.25) is 0 Å². The second-order valence-electron chi connectivity index (χ2n) is 4.16. The van der Waals surface area contributed by atoms with Gasteiger partial charge in [0.2, 0.25) is 0 Å². The molecule has 2 aromatic carbocycles. The van der Waals surface area contributed by atoms with Crippen molar-refractivity contribution in [3.05, 3.63) is 83.9 Å². The van der Waals surface area contributed by atoms with Crippen molar-refractivity contribution in [2.75, 3.05) is 0 Å². The van der Waals surface area contributed by atoms with E-state index in [1.807, 2.05) is 36.4 Å². The Morgan fingerprint density at radius 2 is 1.23 bits per heavy atom. The van der Waals surface area contributed by atoms with Gasteiger partial charge in [-0.1, -0.05) is 66.7 Å². The van der Waals surface area contributed by atoms with Crippen molar-refractivity contribution < 1.29 is 13.2 Å².